The maximum atomic E-state index is 6.43. The van der Waals surface area contributed by atoms with Gasteiger partial charge in [0.25, 0.3) is 0 Å². The molecule has 1 saturated carbocycles. The van der Waals surface area contributed by atoms with E-state index in [0.717, 1.165) is 29.3 Å². The van der Waals surface area contributed by atoms with E-state index in [-0.39, 0.29) is 5.54 Å². The molecule has 1 aromatic carbocycles. The van der Waals surface area contributed by atoms with Crippen LogP contribution in [0.3, 0.4) is 0 Å². The molecule has 1 saturated heterocycles. The average Bonchev–Trinajstić information content (AvgIpc) is 3.20. The quantitative estimate of drug-likeness (QED) is 0.926. The van der Waals surface area contributed by atoms with Gasteiger partial charge in [0.05, 0.1) is 5.54 Å². The second-order valence-electron chi connectivity index (χ2n) is 5.83. The van der Waals surface area contributed by atoms with Crippen LogP contribution in [0.25, 0.3) is 10.8 Å². The van der Waals surface area contributed by atoms with Crippen molar-refractivity contribution in [2.24, 2.45) is 11.7 Å². The van der Waals surface area contributed by atoms with Crippen LogP contribution in [-0.4, -0.2) is 23.6 Å². The molecule has 19 heavy (non-hydrogen) atoms. The Morgan fingerprint density at radius 2 is 2.00 bits per heavy atom. The maximum absolute atomic E-state index is 6.43. The molecule has 2 N–H and O–H groups in total. The normalized spacial score (nSPS) is 21.5. The standard InChI is InChI=1S/C15H16BrN3/c16-13-3-1-2-12-11(13)6-7-18-14(12)19-8-15(17,9-19)10-4-5-10/h1-3,6-7,10H,4-5,8-9,17H2. The van der Waals surface area contributed by atoms with Crippen molar-refractivity contribution in [3.63, 3.8) is 0 Å². The highest BCUT2D eigenvalue weighted by molar-refractivity contribution is 9.10. The van der Waals surface area contributed by atoms with Gasteiger partial charge in [0.2, 0.25) is 0 Å². The summed E-state index contributed by atoms with van der Waals surface area (Å²) in [6.07, 6.45) is 4.49. The summed E-state index contributed by atoms with van der Waals surface area (Å²) in [6.45, 7) is 1.88. The molecule has 0 bridgehead atoms. The Labute approximate surface area is 120 Å². The van der Waals surface area contributed by atoms with Gasteiger partial charge < -0.3 is 10.6 Å². The van der Waals surface area contributed by atoms with Crippen LogP contribution in [-0.2, 0) is 0 Å². The van der Waals surface area contributed by atoms with Crippen LogP contribution in [0.15, 0.2) is 34.9 Å². The number of fused-ring (bicyclic) bond motifs is 1. The summed E-state index contributed by atoms with van der Waals surface area (Å²) in [5.41, 5.74) is 6.47. The summed E-state index contributed by atoms with van der Waals surface area (Å²) in [4.78, 5) is 6.88. The number of nitrogens with two attached hydrogens (primary N) is 1. The zero-order valence-corrected chi connectivity index (χ0v) is 12.2. The van der Waals surface area contributed by atoms with Crippen molar-refractivity contribution < 1.29 is 0 Å². The lowest BCUT2D eigenvalue weighted by Gasteiger charge is -2.49. The minimum Gasteiger partial charge on any atom is -0.352 e. The van der Waals surface area contributed by atoms with E-state index in [1.165, 1.54) is 23.6 Å². The molecule has 0 unspecified atom stereocenters. The Kier molecular flexibility index (Phi) is 2.42. The van der Waals surface area contributed by atoms with Crippen LogP contribution in [0.1, 0.15) is 12.8 Å². The predicted octanol–water partition coefficient (Wildman–Crippen LogP) is 2.92. The smallest absolute Gasteiger partial charge is 0.136 e. The highest BCUT2D eigenvalue weighted by Crippen LogP contribution is 2.44. The molecular weight excluding hydrogens is 302 g/mol. The summed E-state index contributed by atoms with van der Waals surface area (Å²) in [6, 6.07) is 8.32. The Bertz CT molecular complexity index is 645. The molecule has 2 heterocycles. The van der Waals surface area contributed by atoms with Gasteiger partial charge in [-0.2, -0.15) is 0 Å². The Morgan fingerprint density at radius 1 is 1.21 bits per heavy atom. The predicted molar refractivity (Wildman–Crippen MR) is 81.3 cm³/mol. The van der Waals surface area contributed by atoms with E-state index < -0.39 is 0 Å². The molecular formula is C15H16BrN3. The molecule has 2 fully saturated rings. The highest BCUT2D eigenvalue weighted by atomic mass is 79.9. The molecule has 0 radical (unpaired) electrons. The summed E-state index contributed by atoms with van der Waals surface area (Å²) in [7, 11) is 0. The number of halogens is 1. The van der Waals surface area contributed by atoms with Crippen molar-refractivity contribution in [1.82, 2.24) is 4.98 Å². The number of hydrogen-bond donors (Lipinski definition) is 1. The minimum absolute atomic E-state index is 0.0376. The SMILES string of the molecule is NC1(C2CC2)CN(c2nccc3c(Br)cccc23)C1. The molecule has 1 aromatic heterocycles. The Balaban J connectivity index is 1.71. The van der Waals surface area contributed by atoms with Gasteiger partial charge in [0, 0.05) is 34.5 Å². The van der Waals surface area contributed by atoms with Gasteiger partial charge in [0.15, 0.2) is 0 Å². The molecule has 4 rings (SSSR count). The fourth-order valence-corrected chi connectivity index (χ4v) is 3.63. The maximum Gasteiger partial charge on any atom is 0.136 e. The molecule has 4 heteroatoms. The van der Waals surface area contributed by atoms with E-state index >= 15 is 0 Å². The second-order valence-corrected chi connectivity index (χ2v) is 6.69. The molecule has 1 aliphatic heterocycles. The lowest BCUT2D eigenvalue weighted by molar-refractivity contribution is 0.290. The van der Waals surface area contributed by atoms with Crippen LogP contribution in [0, 0.1) is 5.92 Å². The second kappa shape index (κ2) is 3.93. The number of anilines is 1. The fraction of sp³-hybridized carbons (Fsp3) is 0.400. The van der Waals surface area contributed by atoms with Crippen molar-refractivity contribution >= 4 is 32.5 Å². The average molecular weight is 318 g/mol. The van der Waals surface area contributed by atoms with E-state index in [9.17, 15) is 0 Å². The number of benzene rings is 1. The number of rotatable bonds is 2. The molecule has 98 valence electrons. The third kappa shape index (κ3) is 1.77. The molecule has 0 atom stereocenters. The zero-order chi connectivity index (χ0) is 13.0. The highest BCUT2D eigenvalue weighted by Gasteiger charge is 2.50. The van der Waals surface area contributed by atoms with Gasteiger partial charge >= 0.3 is 0 Å². The lowest BCUT2D eigenvalue weighted by Crippen LogP contribution is -2.69. The van der Waals surface area contributed by atoms with Gasteiger partial charge in [-0.05, 0) is 30.9 Å². The van der Waals surface area contributed by atoms with Gasteiger partial charge in [0.1, 0.15) is 5.82 Å². The first kappa shape index (κ1) is 11.7. The Hall–Kier alpha value is -1.13. The third-order valence-electron chi connectivity index (χ3n) is 4.39. The first-order valence-electron chi connectivity index (χ1n) is 6.74. The largest absolute Gasteiger partial charge is 0.352 e. The van der Waals surface area contributed by atoms with E-state index in [1.807, 2.05) is 6.20 Å². The van der Waals surface area contributed by atoms with Gasteiger partial charge in [-0.3, -0.25) is 0 Å². The number of hydrogen-bond acceptors (Lipinski definition) is 3. The van der Waals surface area contributed by atoms with E-state index in [2.05, 4.69) is 50.1 Å². The van der Waals surface area contributed by atoms with Crippen molar-refractivity contribution in [3.8, 4) is 0 Å². The van der Waals surface area contributed by atoms with Crippen LogP contribution in [0.2, 0.25) is 0 Å². The molecule has 0 amide bonds. The van der Waals surface area contributed by atoms with Crippen molar-refractivity contribution in [2.75, 3.05) is 18.0 Å². The summed E-state index contributed by atoms with van der Waals surface area (Å²) in [5.74, 6) is 1.81. The zero-order valence-electron chi connectivity index (χ0n) is 10.6. The van der Waals surface area contributed by atoms with Crippen LogP contribution >= 0.6 is 15.9 Å². The third-order valence-corrected chi connectivity index (χ3v) is 5.08. The number of nitrogens with zero attached hydrogens (tertiary/aromatic N) is 2. The monoisotopic (exact) mass is 317 g/mol. The van der Waals surface area contributed by atoms with E-state index in [1.54, 1.807) is 0 Å². The first-order valence-corrected chi connectivity index (χ1v) is 7.54. The molecule has 2 aliphatic rings. The summed E-state index contributed by atoms with van der Waals surface area (Å²) in [5, 5.41) is 2.42. The van der Waals surface area contributed by atoms with Gasteiger partial charge in [-0.25, -0.2) is 4.98 Å². The van der Waals surface area contributed by atoms with E-state index in [0.29, 0.717) is 0 Å². The molecule has 2 aromatic rings. The molecule has 3 nitrogen and oxygen atoms in total. The van der Waals surface area contributed by atoms with Crippen molar-refractivity contribution in [2.45, 2.75) is 18.4 Å². The number of pyridine rings is 1. The van der Waals surface area contributed by atoms with Gasteiger partial charge in [-0.1, -0.05) is 28.1 Å². The van der Waals surface area contributed by atoms with Crippen LogP contribution in [0.4, 0.5) is 5.82 Å². The van der Waals surface area contributed by atoms with E-state index in [4.69, 9.17) is 5.73 Å². The number of aromatic nitrogens is 1. The molecule has 0 spiro atoms. The van der Waals surface area contributed by atoms with Gasteiger partial charge in [-0.15, -0.1) is 0 Å². The Morgan fingerprint density at radius 3 is 2.74 bits per heavy atom. The van der Waals surface area contributed by atoms with Crippen molar-refractivity contribution in [1.29, 1.82) is 0 Å². The fourth-order valence-electron chi connectivity index (χ4n) is 3.14. The topological polar surface area (TPSA) is 42.1 Å². The minimum atomic E-state index is 0.0376. The van der Waals surface area contributed by atoms with Crippen LogP contribution < -0.4 is 10.6 Å². The van der Waals surface area contributed by atoms with Crippen LogP contribution in [0.5, 0.6) is 0 Å². The first-order chi connectivity index (χ1) is 9.17. The van der Waals surface area contributed by atoms with Crippen molar-refractivity contribution in [3.05, 3.63) is 34.9 Å². The summed E-state index contributed by atoms with van der Waals surface area (Å²) >= 11 is 3.60. The lowest BCUT2D eigenvalue weighted by atomic mass is 9.85. The summed E-state index contributed by atoms with van der Waals surface area (Å²) < 4.78 is 1.12. The molecule has 1 aliphatic carbocycles.